The Bertz CT molecular complexity index is 276. The standard InChI is InChI=1S/C9H6N/c1-2-6-9-8(4-1)5-3-7-10-9/h1-2,4-7H. The molecule has 1 heterocycles. The van der Waals surface area contributed by atoms with Crippen molar-refractivity contribution in [2.24, 2.45) is 0 Å². The number of hydrogen-bond acceptors (Lipinski definition) is 1. The lowest BCUT2D eigenvalue weighted by atomic mass is 10.2. The molecule has 0 atom stereocenters. The monoisotopic (exact) mass is 128 g/mol. The van der Waals surface area contributed by atoms with Crippen LogP contribution in [0.5, 0.6) is 0 Å². The van der Waals surface area contributed by atoms with Crippen LogP contribution in [-0.4, -0.2) is 4.98 Å². The third-order valence-corrected chi connectivity index (χ3v) is 1.45. The van der Waals surface area contributed by atoms with E-state index in [9.17, 15) is 0 Å². The SMILES string of the molecule is [c]1cnc2ccccc2c1. The maximum Gasteiger partial charge on any atom is 0.0702 e. The summed E-state index contributed by atoms with van der Waals surface area (Å²) < 4.78 is 0. The molecule has 0 fully saturated rings. The molecule has 2 rings (SSSR count). The molecule has 0 saturated heterocycles. The molecule has 2 aromatic rings. The molecule has 0 amide bonds. The van der Waals surface area contributed by atoms with Gasteiger partial charge in [0.2, 0.25) is 0 Å². The summed E-state index contributed by atoms with van der Waals surface area (Å²) in [6, 6.07) is 12.9. The zero-order chi connectivity index (χ0) is 6.81. The summed E-state index contributed by atoms with van der Waals surface area (Å²) in [6.07, 6.45) is 1.68. The summed E-state index contributed by atoms with van der Waals surface area (Å²) in [4.78, 5) is 4.13. The molecule has 47 valence electrons. The Labute approximate surface area is 59.3 Å². The van der Waals surface area contributed by atoms with E-state index in [1.807, 2.05) is 30.3 Å². The van der Waals surface area contributed by atoms with Crippen LogP contribution >= 0.6 is 0 Å². The van der Waals surface area contributed by atoms with Gasteiger partial charge >= 0.3 is 0 Å². The van der Waals surface area contributed by atoms with Crippen molar-refractivity contribution < 1.29 is 0 Å². The summed E-state index contributed by atoms with van der Waals surface area (Å²) in [5, 5.41) is 1.14. The lowest BCUT2D eigenvalue weighted by Crippen LogP contribution is -1.73. The van der Waals surface area contributed by atoms with Crippen LogP contribution in [0, 0.1) is 6.07 Å². The van der Waals surface area contributed by atoms with Crippen LogP contribution in [0.1, 0.15) is 0 Å². The quantitative estimate of drug-likeness (QED) is 0.529. The van der Waals surface area contributed by atoms with Gasteiger partial charge in [0.05, 0.1) is 5.52 Å². The fourth-order valence-electron chi connectivity index (χ4n) is 0.961. The smallest absolute Gasteiger partial charge is 0.0702 e. The predicted molar refractivity (Wildman–Crippen MR) is 40.6 cm³/mol. The second-order valence-corrected chi connectivity index (χ2v) is 2.13. The Balaban J connectivity index is 2.89. The fraction of sp³-hybridized carbons (Fsp3) is 0. The molecule has 10 heavy (non-hydrogen) atoms. The first-order chi connectivity index (χ1) is 4.97. The zero-order valence-electron chi connectivity index (χ0n) is 5.41. The van der Waals surface area contributed by atoms with Crippen LogP contribution in [0.2, 0.25) is 0 Å². The zero-order valence-corrected chi connectivity index (χ0v) is 5.41. The highest BCUT2D eigenvalue weighted by Crippen LogP contribution is 2.07. The van der Waals surface area contributed by atoms with Crippen molar-refractivity contribution in [2.75, 3.05) is 0 Å². The maximum absolute atomic E-state index is 4.13. The molecular formula is C9H6N. The molecule has 1 aromatic heterocycles. The Kier molecular flexibility index (Phi) is 1.14. The molecular weight excluding hydrogens is 122 g/mol. The minimum absolute atomic E-state index is 1.03. The fourth-order valence-corrected chi connectivity index (χ4v) is 0.961. The Morgan fingerprint density at radius 3 is 3.00 bits per heavy atom. The lowest BCUT2D eigenvalue weighted by Gasteiger charge is -1.91. The van der Waals surface area contributed by atoms with Gasteiger partial charge < -0.3 is 0 Å². The van der Waals surface area contributed by atoms with E-state index < -0.39 is 0 Å². The van der Waals surface area contributed by atoms with Gasteiger partial charge in [-0.2, -0.15) is 0 Å². The van der Waals surface area contributed by atoms with E-state index in [0.29, 0.717) is 0 Å². The number of hydrogen-bond donors (Lipinski definition) is 0. The third kappa shape index (κ3) is 0.760. The molecule has 1 heteroatoms. The molecule has 0 N–H and O–H groups in total. The lowest BCUT2D eigenvalue weighted by molar-refractivity contribution is 1.41. The highest BCUT2D eigenvalue weighted by atomic mass is 14.6. The first-order valence-corrected chi connectivity index (χ1v) is 3.18. The van der Waals surface area contributed by atoms with Gasteiger partial charge in [-0.25, -0.2) is 0 Å². The van der Waals surface area contributed by atoms with Crippen LogP contribution in [-0.2, 0) is 0 Å². The summed E-state index contributed by atoms with van der Waals surface area (Å²) in [7, 11) is 0. The van der Waals surface area contributed by atoms with Gasteiger partial charge in [0.15, 0.2) is 0 Å². The molecule has 1 aromatic carbocycles. The normalized spacial score (nSPS) is 10.0. The van der Waals surface area contributed by atoms with Gasteiger partial charge in [-0.15, -0.1) is 0 Å². The van der Waals surface area contributed by atoms with Crippen molar-refractivity contribution in [3.8, 4) is 0 Å². The maximum atomic E-state index is 4.13. The van der Waals surface area contributed by atoms with Crippen LogP contribution in [0.25, 0.3) is 10.9 Å². The number of fused-ring (bicyclic) bond motifs is 1. The van der Waals surface area contributed by atoms with E-state index in [1.165, 1.54) is 0 Å². The van der Waals surface area contributed by atoms with Gasteiger partial charge in [0, 0.05) is 17.6 Å². The number of aromatic nitrogens is 1. The van der Waals surface area contributed by atoms with E-state index in [0.717, 1.165) is 10.9 Å². The van der Waals surface area contributed by atoms with Gasteiger partial charge in [-0.05, 0) is 12.1 Å². The van der Waals surface area contributed by atoms with E-state index in [4.69, 9.17) is 0 Å². The average Bonchev–Trinajstić information content (AvgIpc) is 2.05. The van der Waals surface area contributed by atoms with Gasteiger partial charge in [-0.3, -0.25) is 4.98 Å². The molecule has 0 aliphatic carbocycles. The highest BCUT2D eigenvalue weighted by molar-refractivity contribution is 5.77. The highest BCUT2D eigenvalue weighted by Gasteiger charge is 1.86. The summed E-state index contributed by atoms with van der Waals surface area (Å²) in [6.45, 7) is 0. The molecule has 0 bridgehead atoms. The predicted octanol–water partition coefficient (Wildman–Crippen LogP) is 2.03. The van der Waals surface area contributed by atoms with E-state index in [2.05, 4.69) is 11.1 Å². The third-order valence-electron chi connectivity index (χ3n) is 1.45. The molecule has 0 aliphatic rings. The number of pyridine rings is 1. The second-order valence-electron chi connectivity index (χ2n) is 2.13. The van der Waals surface area contributed by atoms with E-state index in [-0.39, 0.29) is 0 Å². The van der Waals surface area contributed by atoms with Gasteiger partial charge in [0.1, 0.15) is 0 Å². The van der Waals surface area contributed by atoms with Gasteiger partial charge in [-0.1, -0.05) is 18.2 Å². The van der Waals surface area contributed by atoms with Crippen molar-refractivity contribution in [2.45, 2.75) is 0 Å². The molecule has 0 spiro atoms. The minimum Gasteiger partial charge on any atom is -0.256 e. The van der Waals surface area contributed by atoms with Crippen LogP contribution < -0.4 is 0 Å². The Morgan fingerprint density at radius 2 is 2.10 bits per heavy atom. The number of benzene rings is 1. The van der Waals surface area contributed by atoms with Crippen molar-refractivity contribution >= 4 is 10.9 Å². The first kappa shape index (κ1) is 5.42. The summed E-state index contributed by atoms with van der Waals surface area (Å²) in [5.74, 6) is 0. The van der Waals surface area contributed by atoms with Crippen molar-refractivity contribution in [3.05, 3.63) is 42.6 Å². The largest absolute Gasteiger partial charge is 0.256 e. The number of para-hydroxylation sites is 1. The van der Waals surface area contributed by atoms with Crippen LogP contribution in [0.4, 0.5) is 0 Å². The Morgan fingerprint density at radius 1 is 1.20 bits per heavy atom. The Hall–Kier alpha value is -1.37. The average molecular weight is 128 g/mol. The molecule has 1 nitrogen and oxygen atoms in total. The van der Waals surface area contributed by atoms with Gasteiger partial charge in [0.25, 0.3) is 0 Å². The van der Waals surface area contributed by atoms with Crippen LogP contribution in [0.3, 0.4) is 0 Å². The van der Waals surface area contributed by atoms with E-state index in [1.54, 1.807) is 6.20 Å². The minimum atomic E-state index is 1.03. The molecule has 1 radical (unpaired) electrons. The van der Waals surface area contributed by atoms with Crippen LogP contribution in [0.15, 0.2) is 36.5 Å². The number of rotatable bonds is 0. The first-order valence-electron chi connectivity index (χ1n) is 3.18. The van der Waals surface area contributed by atoms with E-state index >= 15 is 0 Å². The van der Waals surface area contributed by atoms with Crippen molar-refractivity contribution in [3.63, 3.8) is 0 Å². The molecule has 0 saturated carbocycles. The second kappa shape index (κ2) is 2.10. The van der Waals surface area contributed by atoms with Crippen molar-refractivity contribution in [1.29, 1.82) is 0 Å². The topological polar surface area (TPSA) is 12.9 Å². The summed E-state index contributed by atoms with van der Waals surface area (Å²) in [5.41, 5.74) is 1.03. The summed E-state index contributed by atoms with van der Waals surface area (Å²) >= 11 is 0. The molecule has 0 unspecified atom stereocenters. The number of nitrogens with zero attached hydrogens (tertiary/aromatic N) is 1. The molecule has 0 aliphatic heterocycles. The van der Waals surface area contributed by atoms with Crippen molar-refractivity contribution in [1.82, 2.24) is 4.98 Å².